The van der Waals surface area contributed by atoms with Crippen LogP contribution in [0.4, 0.5) is 5.95 Å². The normalized spacial score (nSPS) is 11.5. The average Bonchev–Trinajstić information content (AvgIpc) is 2.46. The molecule has 1 aromatic rings. The number of hydrogen-bond donors (Lipinski definition) is 0. The molecule has 0 radical (unpaired) electrons. The van der Waals surface area contributed by atoms with E-state index in [1.807, 2.05) is 24.7 Å². The predicted octanol–water partition coefficient (Wildman–Crippen LogP) is 1.67. The zero-order valence-electron chi connectivity index (χ0n) is 8.11. The van der Waals surface area contributed by atoms with Crippen LogP contribution >= 0.6 is 0 Å². The van der Waals surface area contributed by atoms with E-state index in [4.69, 9.17) is 4.74 Å². The maximum atomic E-state index is 5.04. The molecule has 70 valence electrons. The molecule has 1 rings (SSSR count). The van der Waals surface area contributed by atoms with E-state index >= 15 is 0 Å². The molecule has 1 aromatic heterocycles. The summed E-state index contributed by atoms with van der Waals surface area (Å²) in [5, 5.41) is 0. The molecule has 0 amide bonds. The molecule has 0 unspecified atom stereocenters. The summed E-state index contributed by atoms with van der Waals surface area (Å²) in [5.41, 5.74) is 0.783. The van der Waals surface area contributed by atoms with Gasteiger partial charge in [-0.15, -0.1) is 0 Å². The van der Waals surface area contributed by atoms with Crippen molar-refractivity contribution in [2.45, 2.75) is 6.92 Å². The van der Waals surface area contributed by atoms with Gasteiger partial charge in [0.2, 0.25) is 11.8 Å². The smallest absolute Gasteiger partial charge is 0.232 e. The number of methoxy groups -OCH3 is 1. The summed E-state index contributed by atoms with van der Waals surface area (Å²) in [5.74, 6) is 1.12. The molecule has 0 N–H and O–H groups in total. The van der Waals surface area contributed by atoms with Gasteiger partial charge < -0.3 is 9.30 Å². The lowest BCUT2D eigenvalue weighted by Gasteiger charge is -2.02. The van der Waals surface area contributed by atoms with Crippen LogP contribution < -0.4 is 0 Å². The van der Waals surface area contributed by atoms with Gasteiger partial charge in [0.25, 0.3) is 0 Å². The van der Waals surface area contributed by atoms with E-state index in [9.17, 15) is 0 Å². The molecular weight excluding hydrogens is 166 g/mol. The van der Waals surface area contributed by atoms with Gasteiger partial charge in [-0.25, -0.2) is 4.98 Å². The van der Waals surface area contributed by atoms with Gasteiger partial charge in [-0.2, -0.15) is 4.99 Å². The highest BCUT2D eigenvalue weighted by Crippen LogP contribution is 2.08. The predicted molar refractivity (Wildman–Crippen MR) is 52.1 cm³/mol. The van der Waals surface area contributed by atoms with E-state index in [1.54, 1.807) is 13.3 Å². The molecule has 0 bridgehead atoms. The Balaban J connectivity index is 2.98. The molecule has 13 heavy (non-hydrogen) atoms. The van der Waals surface area contributed by atoms with E-state index in [2.05, 4.69) is 16.6 Å². The van der Waals surface area contributed by atoms with Crippen molar-refractivity contribution in [1.29, 1.82) is 0 Å². The van der Waals surface area contributed by atoms with Gasteiger partial charge in [-0.1, -0.05) is 6.58 Å². The first-order valence-corrected chi connectivity index (χ1v) is 3.91. The summed E-state index contributed by atoms with van der Waals surface area (Å²) in [6, 6.07) is 0. The number of aryl methyl sites for hydroxylation is 1. The van der Waals surface area contributed by atoms with Crippen molar-refractivity contribution in [3.05, 3.63) is 24.5 Å². The lowest BCUT2D eigenvalue weighted by Crippen LogP contribution is -2.02. The molecule has 0 aromatic carbocycles. The van der Waals surface area contributed by atoms with Gasteiger partial charge >= 0.3 is 0 Å². The molecule has 0 aliphatic carbocycles. The maximum absolute atomic E-state index is 5.04. The minimum atomic E-state index is 0.509. The maximum Gasteiger partial charge on any atom is 0.232 e. The van der Waals surface area contributed by atoms with Crippen LogP contribution in [0, 0.1) is 0 Å². The number of hydrogen-bond acceptors (Lipinski definition) is 3. The second-order valence-electron chi connectivity index (χ2n) is 2.74. The molecule has 0 aliphatic heterocycles. The van der Waals surface area contributed by atoms with Crippen LogP contribution in [0.5, 0.6) is 0 Å². The molecular formula is C9H13N3O. The first-order valence-electron chi connectivity index (χ1n) is 3.91. The minimum absolute atomic E-state index is 0.509. The second kappa shape index (κ2) is 3.89. The van der Waals surface area contributed by atoms with Crippen LogP contribution in [-0.2, 0) is 11.8 Å². The number of aliphatic imine (C=N–C) groups is 1. The fraction of sp³-hybridized carbons (Fsp3) is 0.333. The molecule has 4 nitrogen and oxygen atoms in total. The fourth-order valence-electron chi connectivity index (χ4n) is 0.872. The number of aromatic nitrogens is 2. The van der Waals surface area contributed by atoms with Crippen LogP contribution in [0.15, 0.2) is 29.5 Å². The van der Waals surface area contributed by atoms with Gasteiger partial charge in [0.05, 0.1) is 7.11 Å². The topological polar surface area (TPSA) is 39.4 Å². The van der Waals surface area contributed by atoms with E-state index in [-0.39, 0.29) is 0 Å². The van der Waals surface area contributed by atoms with Crippen molar-refractivity contribution in [1.82, 2.24) is 9.55 Å². The minimum Gasteiger partial charge on any atom is -0.481 e. The summed E-state index contributed by atoms with van der Waals surface area (Å²) in [6.45, 7) is 5.58. The zero-order chi connectivity index (χ0) is 9.84. The van der Waals surface area contributed by atoms with Crippen LogP contribution in [-0.4, -0.2) is 22.6 Å². The van der Waals surface area contributed by atoms with Crippen molar-refractivity contribution in [3.63, 3.8) is 0 Å². The highest BCUT2D eigenvalue weighted by Gasteiger charge is 2.02. The van der Waals surface area contributed by atoms with E-state index in [0.717, 1.165) is 5.57 Å². The molecule has 4 heteroatoms. The summed E-state index contributed by atoms with van der Waals surface area (Å²) in [7, 11) is 3.44. The van der Waals surface area contributed by atoms with Gasteiger partial charge in [-0.05, 0) is 6.92 Å². The fourth-order valence-corrected chi connectivity index (χ4v) is 0.872. The van der Waals surface area contributed by atoms with Crippen molar-refractivity contribution in [3.8, 4) is 0 Å². The highest BCUT2D eigenvalue weighted by molar-refractivity contribution is 5.93. The van der Waals surface area contributed by atoms with Crippen LogP contribution in [0.2, 0.25) is 0 Å². The van der Waals surface area contributed by atoms with E-state index < -0.39 is 0 Å². The number of ether oxygens (including phenoxy) is 1. The Bertz CT molecular complexity index is 338. The van der Waals surface area contributed by atoms with E-state index in [1.165, 1.54) is 0 Å². The Morgan fingerprint density at radius 2 is 2.38 bits per heavy atom. The first kappa shape index (κ1) is 9.51. The third-order valence-electron chi connectivity index (χ3n) is 1.56. The summed E-state index contributed by atoms with van der Waals surface area (Å²) in [4.78, 5) is 8.22. The Labute approximate surface area is 77.6 Å². The van der Waals surface area contributed by atoms with E-state index in [0.29, 0.717) is 11.8 Å². The van der Waals surface area contributed by atoms with Crippen molar-refractivity contribution in [2.75, 3.05) is 7.11 Å². The Hall–Kier alpha value is -1.58. The third-order valence-corrected chi connectivity index (χ3v) is 1.56. The lowest BCUT2D eigenvalue weighted by molar-refractivity contribution is 0.403. The number of rotatable bonds is 2. The summed E-state index contributed by atoms with van der Waals surface area (Å²) in [6.07, 6.45) is 3.51. The standard InChI is InChI=1S/C9H13N3O/c1-7(2)8(13-4)11-9-10-5-6-12(9)3/h5-6H,1H2,2-4H3/b11-8+. The van der Waals surface area contributed by atoms with Gasteiger partial charge in [0.15, 0.2) is 0 Å². The largest absolute Gasteiger partial charge is 0.481 e. The van der Waals surface area contributed by atoms with Crippen molar-refractivity contribution in [2.24, 2.45) is 12.0 Å². The Morgan fingerprint density at radius 3 is 2.77 bits per heavy atom. The second-order valence-corrected chi connectivity index (χ2v) is 2.74. The lowest BCUT2D eigenvalue weighted by atomic mass is 10.3. The van der Waals surface area contributed by atoms with Crippen LogP contribution in [0.1, 0.15) is 6.92 Å². The summed E-state index contributed by atoms with van der Waals surface area (Å²) < 4.78 is 6.84. The van der Waals surface area contributed by atoms with Crippen molar-refractivity contribution < 1.29 is 4.74 Å². The molecule has 0 aliphatic rings. The Kier molecular flexibility index (Phi) is 2.84. The highest BCUT2D eigenvalue weighted by atomic mass is 16.5. The average molecular weight is 179 g/mol. The molecule has 0 saturated carbocycles. The van der Waals surface area contributed by atoms with Crippen LogP contribution in [0.3, 0.4) is 0 Å². The number of nitrogens with zero attached hydrogens (tertiary/aromatic N) is 3. The van der Waals surface area contributed by atoms with Gasteiger partial charge in [-0.3, -0.25) is 0 Å². The molecule has 0 spiro atoms. The van der Waals surface area contributed by atoms with Gasteiger partial charge in [0, 0.05) is 25.0 Å². The molecule has 0 fully saturated rings. The molecule has 0 saturated heterocycles. The van der Waals surface area contributed by atoms with Crippen molar-refractivity contribution >= 4 is 11.8 Å². The SMILES string of the molecule is C=C(C)/C(=N\c1nccn1C)OC. The van der Waals surface area contributed by atoms with Crippen LogP contribution in [0.25, 0.3) is 0 Å². The van der Waals surface area contributed by atoms with Gasteiger partial charge in [0.1, 0.15) is 0 Å². The Morgan fingerprint density at radius 1 is 1.69 bits per heavy atom. The molecule has 1 heterocycles. The molecule has 0 atom stereocenters. The third kappa shape index (κ3) is 2.18. The number of imidazole rings is 1. The zero-order valence-corrected chi connectivity index (χ0v) is 8.11. The quantitative estimate of drug-likeness (QED) is 0.511. The summed E-state index contributed by atoms with van der Waals surface area (Å²) >= 11 is 0. The monoisotopic (exact) mass is 179 g/mol. The first-order chi connectivity index (χ1) is 6.15.